The molecule has 17 heavy (non-hydrogen) atoms. The molecule has 0 aliphatic carbocycles. The highest BCUT2D eigenvalue weighted by molar-refractivity contribution is 7.99. The zero-order chi connectivity index (χ0) is 11.9. The molecule has 0 fully saturated rings. The highest BCUT2D eigenvalue weighted by atomic mass is 32.2. The van der Waals surface area contributed by atoms with Crippen LogP contribution in [0.2, 0.25) is 0 Å². The molecule has 2 heteroatoms. The normalized spacial score (nSPS) is 10.4. The Labute approximate surface area is 107 Å². The monoisotopic (exact) mass is 244 g/mol. The van der Waals surface area contributed by atoms with Crippen molar-refractivity contribution in [2.45, 2.75) is 17.7 Å². The van der Waals surface area contributed by atoms with E-state index >= 15 is 0 Å². The van der Waals surface area contributed by atoms with E-state index in [0.717, 1.165) is 12.2 Å². The van der Waals surface area contributed by atoms with E-state index in [9.17, 15) is 0 Å². The van der Waals surface area contributed by atoms with Gasteiger partial charge in [-0.1, -0.05) is 30.3 Å². The molecule has 1 nitrogen and oxygen atoms in total. The van der Waals surface area contributed by atoms with E-state index in [1.807, 2.05) is 23.9 Å². The lowest BCUT2D eigenvalue weighted by molar-refractivity contribution is 0.475. The third-order valence-corrected chi connectivity index (χ3v) is 3.66. The topological polar surface area (TPSA) is 20.2 Å². The third-order valence-electron chi connectivity index (χ3n) is 2.56. The molecule has 88 valence electrons. The third kappa shape index (κ3) is 4.16. The number of aryl methyl sites for hydroxylation is 1. The molecule has 0 aliphatic heterocycles. The molecule has 2 aromatic carbocycles. The van der Waals surface area contributed by atoms with Gasteiger partial charge in [-0.2, -0.15) is 0 Å². The molecule has 0 saturated carbocycles. The van der Waals surface area contributed by atoms with Crippen LogP contribution in [0.25, 0.3) is 0 Å². The molecule has 0 spiro atoms. The molecule has 1 N–H and O–H groups in total. The predicted octanol–water partition coefficient (Wildman–Crippen LogP) is 4.12. The molecule has 0 radical (unpaired) electrons. The lowest BCUT2D eigenvalue weighted by atomic mass is 10.1. The summed E-state index contributed by atoms with van der Waals surface area (Å²) in [7, 11) is 0. The van der Waals surface area contributed by atoms with Crippen molar-refractivity contribution in [2.24, 2.45) is 0 Å². The summed E-state index contributed by atoms with van der Waals surface area (Å²) in [6.45, 7) is 0. The van der Waals surface area contributed by atoms with Crippen molar-refractivity contribution in [3.63, 3.8) is 0 Å². The summed E-state index contributed by atoms with van der Waals surface area (Å²) in [5, 5.41) is 9.17. The van der Waals surface area contributed by atoms with Gasteiger partial charge in [-0.15, -0.1) is 11.8 Å². The Balaban J connectivity index is 1.71. The first-order valence-electron chi connectivity index (χ1n) is 5.80. The van der Waals surface area contributed by atoms with Crippen molar-refractivity contribution in [3.8, 4) is 5.75 Å². The van der Waals surface area contributed by atoms with Crippen LogP contribution in [-0.2, 0) is 6.42 Å². The Kier molecular flexibility index (Phi) is 4.51. The lowest BCUT2D eigenvalue weighted by Gasteiger charge is -2.02. The van der Waals surface area contributed by atoms with Crippen LogP contribution in [0, 0.1) is 0 Å². The van der Waals surface area contributed by atoms with Crippen molar-refractivity contribution in [1.82, 2.24) is 0 Å². The Hall–Kier alpha value is -1.41. The van der Waals surface area contributed by atoms with Crippen molar-refractivity contribution in [1.29, 1.82) is 0 Å². The predicted molar refractivity (Wildman–Crippen MR) is 73.6 cm³/mol. The van der Waals surface area contributed by atoms with Crippen LogP contribution >= 0.6 is 11.8 Å². The largest absolute Gasteiger partial charge is 0.508 e. The molecule has 0 saturated heterocycles. The highest BCUT2D eigenvalue weighted by Gasteiger charge is 1.96. The Morgan fingerprint density at radius 1 is 0.882 bits per heavy atom. The quantitative estimate of drug-likeness (QED) is 0.630. The fourth-order valence-corrected chi connectivity index (χ4v) is 2.51. The van der Waals surface area contributed by atoms with Gasteiger partial charge in [0.25, 0.3) is 0 Å². The summed E-state index contributed by atoms with van der Waals surface area (Å²) in [4.78, 5) is 1.22. The van der Waals surface area contributed by atoms with Crippen LogP contribution in [0.15, 0.2) is 59.5 Å². The van der Waals surface area contributed by atoms with Gasteiger partial charge in [-0.05, 0) is 48.4 Å². The summed E-state index contributed by atoms with van der Waals surface area (Å²) >= 11 is 1.84. The van der Waals surface area contributed by atoms with Crippen LogP contribution in [-0.4, -0.2) is 10.9 Å². The van der Waals surface area contributed by atoms with Gasteiger partial charge in [0.2, 0.25) is 0 Å². The summed E-state index contributed by atoms with van der Waals surface area (Å²) in [5.74, 6) is 1.44. The number of aromatic hydroxyl groups is 1. The maximum atomic E-state index is 9.17. The van der Waals surface area contributed by atoms with Gasteiger partial charge in [0, 0.05) is 4.90 Å². The van der Waals surface area contributed by atoms with Gasteiger partial charge < -0.3 is 5.11 Å². The van der Waals surface area contributed by atoms with Gasteiger partial charge >= 0.3 is 0 Å². The molecule has 0 bridgehead atoms. The number of benzene rings is 2. The van der Waals surface area contributed by atoms with Crippen molar-refractivity contribution in [2.75, 3.05) is 5.75 Å². The lowest BCUT2D eigenvalue weighted by Crippen LogP contribution is -1.87. The molecule has 0 aromatic heterocycles. The summed E-state index contributed by atoms with van der Waals surface area (Å²) < 4.78 is 0. The SMILES string of the molecule is Oc1ccc(SCCCc2ccccc2)cc1. The smallest absolute Gasteiger partial charge is 0.115 e. The van der Waals surface area contributed by atoms with E-state index in [0.29, 0.717) is 5.75 Å². The van der Waals surface area contributed by atoms with E-state index in [1.165, 1.54) is 16.9 Å². The average Bonchev–Trinajstić information content (AvgIpc) is 2.38. The molecular weight excluding hydrogens is 228 g/mol. The molecular formula is C15H16OS. The zero-order valence-corrected chi connectivity index (χ0v) is 10.5. The van der Waals surface area contributed by atoms with Crippen LogP contribution in [0.3, 0.4) is 0 Å². The second-order valence-corrected chi connectivity index (χ2v) is 5.10. The Morgan fingerprint density at radius 2 is 1.59 bits per heavy atom. The number of phenols is 1. The van der Waals surface area contributed by atoms with Gasteiger partial charge in [-0.3, -0.25) is 0 Å². The fraction of sp³-hybridized carbons (Fsp3) is 0.200. The van der Waals surface area contributed by atoms with E-state index in [1.54, 1.807) is 12.1 Å². The van der Waals surface area contributed by atoms with Crippen molar-refractivity contribution >= 4 is 11.8 Å². The molecule has 0 amide bonds. The average molecular weight is 244 g/mol. The summed E-state index contributed by atoms with van der Waals surface area (Å²) in [6, 6.07) is 18.0. The van der Waals surface area contributed by atoms with E-state index in [4.69, 9.17) is 5.11 Å². The van der Waals surface area contributed by atoms with Crippen molar-refractivity contribution in [3.05, 3.63) is 60.2 Å². The van der Waals surface area contributed by atoms with Gasteiger partial charge in [0.15, 0.2) is 0 Å². The molecule has 0 atom stereocenters. The minimum atomic E-state index is 0.332. The Bertz CT molecular complexity index is 436. The number of phenolic OH excluding ortho intramolecular Hbond substituents is 1. The second kappa shape index (κ2) is 6.36. The maximum absolute atomic E-state index is 9.17. The first-order chi connectivity index (χ1) is 8.34. The van der Waals surface area contributed by atoms with Crippen LogP contribution < -0.4 is 0 Å². The minimum absolute atomic E-state index is 0.332. The van der Waals surface area contributed by atoms with Gasteiger partial charge in [0.1, 0.15) is 5.75 Å². The molecule has 0 heterocycles. The highest BCUT2D eigenvalue weighted by Crippen LogP contribution is 2.21. The molecule has 0 unspecified atom stereocenters. The first-order valence-corrected chi connectivity index (χ1v) is 6.79. The van der Waals surface area contributed by atoms with E-state index in [-0.39, 0.29) is 0 Å². The standard InChI is InChI=1S/C15H16OS/c16-14-8-10-15(11-9-14)17-12-4-7-13-5-2-1-3-6-13/h1-3,5-6,8-11,16H,4,7,12H2. The van der Waals surface area contributed by atoms with E-state index in [2.05, 4.69) is 30.3 Å². The van der Waals surface area contributed by atoms with Crippen LogP contribution in [0.1, 0.15) is 12.0 Å². The van der Waals surface area contributed by atoms with Crippen LogP contribution in [0.4, 0.5) is 0 Å². The minimum Gasteiger partial charge on any atom is -0.508 e. The fourth-order valence-electron chi connectivity index (χ4n) is 1.65. The van der Waals surface area contributed by atoms with Crippen molar-refractivity contribution < 1.29 is 5.11 Å². The first kappa shape index (κ1) is 12.1. The second-order valence-electron chi connectivity index (χ2n) is 3.93. The number of hydrogen-bond acceptors (Lipinski definition) is 2. The molecule has 2 aromatic rings. The van der Waals surface area contributed by atoms with Gasteiger partial charge in [-0.25, -0.2) is 0 Å². The Morgan fingerprint density at radius 3 is 2.29 bits per heavy atom. The zero-order valence-electron chi connectivity index (χ0n) is 9.67. The van der Waals surface area contributed by atoms with Gasteiger partial charge in [0.05, 0.1) is 0 Å². The molecule has 0 aliphatic rings. The maximum Gasteiger partial charge on any atom is 0.115 e. The summed E-state index contributed by atoms with van der Waals surface area (Å²) in [5.41, 5.74) is 1.40. The summed E-state index contributed by atoms with van der Waals surface area (Å²) in [6.07, 6.45) is 2.31. The number of rotatable bonds is 5. The van der Waals surface area contributed by atoms with E-state index < -0.39 is 0 Å². The van der Waals surface area contributed by atoms with Crippen LogP contribution in [0.5, 0.6) is 5.75 Å². The molecule has 2 rings (SSSR count). The number of thioether (sulfide) groups is 1. The number of hydrogen-bond donors (Lipinski definition) is 1.